The molecule has 1 aliphatic rings. The lowest BCUT2D eigenvalue weighted by atomic mass is 10.1. The average molecular weight is 270 g/mol. The van der Waals surface area contributed by atoms with Crippen molar-refractivity contribution in [2.75, 3.05) is 18.5 Å². The first kappa shape index (κ1) is 13.2. The molecule has 5 heteroatoms. The molecule has 0 bridgehead atoms. The second kappa shape index (κ2) is 6.07. The van der Waals surface area contributed by atoms with Crippen LogP contribution in [-0.2, 0) is 4.74 Å². The molecule has 0 aliphatic carbocycles. The SMILES string of the molecule is O=C(O)c1ccc(Cl)cc1NCC1CCCCO1. The normalized spacial score (nSPS) is 19.5. The van der Waals surface area contributed by atoms with Crippen molar-refractivity contribution < 1.29 is 14.6 Å². The summed E-state index contributed by atoms with van der Waals surface area (Å²) in [7, 11) is 0. The second-order valence-corrected chi connectivity index (χ2v) is 4.80. The number of carboxylic acids is 1. The van der Waals surface area contributed by atoms with E-state index in [1.807, 2.05) is 0 Å². The standard InChI is InChI=1S/C13H16ClNO3/c14-9-4-5-11(13(16)17)12(7-9)15-8-10-3-1-2-6-18-10/h4-5,7,10,15H,1-3,6,8H2,(H,16,17). The first-order valence-electron chi connectivity index (χ1n) is 6.05. The molecule has 1 saturated heterocycles. The molecule has 18 heavy (non-hydrogen) atoms. The Hall–Kier alpha value is -1.26. The Balaban J connectivity index is 2.03. The molecular weight excluding hydrogens is 254 g/mol. The zero-order chi connectivity index (χ0) is 13.0. The average Bonchev–Trinajstić information content (AvgIpc) is 2.37. The number of anilines is 1. The molecule has 0 radical (unpaired) electrons. The van der Waals surface area contributed by atoms with Crippen LogP contribution in [0.4, 0.5) is 5.69 Å². The van der Waals surface area contributed by atoms with Crippen LogP contribution in [0.15, 0.2) is 18.2 Å². The summed E-state index contributed by atoms with van der Waals surface area (Å²) in [5.74, 6) is -0.960. The largest absolute Gasteiger partial charge is 0.478 e. The van der Waals surface area contributed by atoms with Crippen LogP contribution in [-0.4, -0.2) is 30.3 Å². The Bertz CT molecular complexity index is 430. The summed E-state index contributed by atoms with van der Waals surface area (Å²) in [5, 5.41) is 12.7. The van der Waals surface area contributed by atoms with E-state index in [9.17, 15) is 4.79 Å². The molecule has 1 fully saturated rings. The van der Waals surface area contributed by atoms with Crippen molar-refractivity contribution in [2.24, 2.45) is 0 Å². The molecule has 0 amide bonds. The van der Waals surface area contributed by atoms with Gasteiger partial charge in [-0.25, -0.2) is 4.79 Å². The first-order valence-corrected chi connectivity index (χ1v) is 6.43. The number of hydrogen-bond donors (Lipinski definition) is 2. The molecule has 2 rings (SSSR count). The van der Waals surface area contributed by atoms with E-state index in [-0.39, 0.29) is 11.7 Å². The van der Waals surface area contributed by atoms with Gasteiger partial charge in [-0.3, -0.25) is 0 Å². The van der Waals surface area contributed by atoms with Crippen LogP contribution in [0.2, 0.25) is 5.02 Å². The molecule has 98 valence electrons. The van der Waals surface area contributed by atoms with E-state index in [0.29, 0.717) is 17.3 Å². The summed E-state index contributed by atoms with van der Waals surface area (Å²) >= 11 is 5.88. The van der Waals surface area contributed by atoms with E-state index >= 15 is 0 Å². The molecule has 4 nitrogen and oxygen atoms in total. The van der Waals surface area contributed by atoms with Crippen molar-refractivity contribution in [2.45, 2.75) is 25.4 Å². The fraction of sp³-hybridized carbons (Fsp3) is 0.462. The van der Waals surface area contributed by atoms with E-state index in [2.05, 4.69) is 5.32 Å². The highest BCUT2D eigenvalue weighted by Crippen LogP contribution is 2.22. The van der Waals surface area contributed by atoms with Gasteiger partial charge in [0.1, 0.15) is 0 Å². The highest BCUT2D eigenvalue weighted by Gasteiger charge is 2.15. The Morgan fingerprint density at radius 2 is 2.33 bits per heavy atom. The van der Waals surface area contributed by atoms with Gasteiger partial charge in [-0.1, -0.05) is 11.6 Å². The zero-order valence-electron chi connectivity index (χ0n) is 9.99. The van der Waals surface area contributed by atoms with Crippen LogP contribution >= 0.6 is 11.6 Å². The second-order valence-electron chi connectivity index (χ2n) is 4.36. The maximum absolute atomic E-state index is 11.1. The molecule has 1 aromatic rings. The van der Waals surface area contributed by atoms with Crippen LogP contribution in [0.3, 0.4) is 0 Å². The summed E-state index contributed by atoms with van der Waals surface area (Å²) < 4.78 is 5.59. The van der Waals surface area contributed by atoms with Crippen LogP contribution in [0.25, 0.3) is 0 Å². The van der Waals surface area contributed by atoms with Crippen LogP contribution in [0, 0.1) is 0 Å². The number of aromatic carboxylic acids is 1. The predicted octanol–water partition coefficient (Wildman–Crippen LogP) is 3.02. The van der Waals surface area contributed by atoms with E-state index in [1.54, 1.807) is 12.1 Å². The first-order chi connectivity index (χ1) is 8.66. The summed E-state index contributed by atoms with van der Waals surface area (Å²) in [4.78, 5) is 11.1. The molecule has 1 heterocycles. The van der Waals surface area contributed by atoms with Crippen LogP contribution in [0.5, 0.6) is 0 Å². The highest BCUT2D eigenvalue weighted by atomic mass is 35.5. The van der Waals surface area contributed by atoms with E-state index in [4.69, 9.17) is 21.4 Å². The monoisotopic (exact) mass is 269 g/mol. The summed E-state index contributed by atoms with van der Waals surface area (Å²) in [6.07, 6.45) is 3.43. The smallest absolute Gasteiger partial charge is 0.337 e. The summed E-state index contributed by atoms with van der Waals surface area (Å²) in [5.41, 5.74) is 0.777. The number of benzene rings is 1. The molecule has 1 unspecified atom stereocenters. The maximum Gasteiger partial charge on any atom is 0.337 e. The number of hydrogen-bond acceptors (Lipinski definition) is 3. The summed E-state index contributed by atoms with van der Waals surface area (Å²) in [6.45, 7) is 1.40. The van der Waals surface area contributed by atoms with Gasteiger partial charge in [-0.05, 0) is 37.5 Å². The number of carboxylic acid groups (broad SMARTS) is 1. The minimum atomic E-state index is -0.960. The lowest BCUT2D eigenvalue weighted by molar-refractivity contribution is 0.0247. The number of carbonyl (C=O) groups is 1. The van der Waals surface area contributed by atoms with Crippen molar-refractivity contribution >= 4 is 23.3 Å². The lowest BCUT2D eigenvalue weighted by Gasteiger charge is -2.23. The van der Waals surface area contributed by atoms with Crippen molar-refractivity contribution in [3.05, 3.63) is 28.8 Å². The van der Waals surface area contributed by atoms with E-state index in [1.165, 1.54) is 6.07 Å². The Morgan fingerprint density at radius 1 is 1.50 bits per heavy atom. The third kappa shape index (κ3) is 3.37. The zero-order valence-corrected chi connectivity index (χ0v) is 10.7. The Kier molecular flexibility index (Phi) is 4.44. The molecular formula is C13H16ClNO3. The number of ether oxygens (including phenoxy) is 1. The van der Waals surface area contributed by atoms with Gasteiger partial charge in [-0.2, -0.15) is 0 Å². The van der Waals surface area contributed by atoms with Gasteiger partial charge in [-0.15, -0.1) is 0 Å². The maximum atomic E-state index is 11.1. The minimum absolute atomic E-state index is 0.152. The van der Waals surface area contributed by atoms with Gasteiger partial charge in [0, 0.05) is 18.2 Å². The third-order valence-electron chi connectivity index (χ3n) is 3.01. The van der Waals surface area contributed by atoms with Gasteiger partial charge in [0.2, 0.25) is 0 Å². The molecule has 0 spiro atoms. The molecule has 0 saturated carbocycles. The van der Waals surface area contributed by atoms with Crippen LogP contribution in [0.1, 0.15) is 29.6 Å². The lowest BCUT2D eigenvalue weighted by Crippen LogP contribution is -2.27. The van der Waals surface area contributed by atoms with Crippen molar-refractivity contribution in [1.29, 1.82) is 0 Å². The van der Waals surface area contributed by atoms with Gasteiger partial charge >= 0.3 is 5.97 Å². The molecule has 0 aromatic heterocycles. The fourth-order valence-electron chi connectivity index (χ4n) is 2.04. The van der Waals surface area contributed by atoms with Gasteiger partial charge in [0.05, 0.1) is 17.4 Å². The summed E-state index contributed by atoms with van der Waals surface area (Å²) in [6, 6.07) is 4.72. The van der Waals surface area contributed by atoms with E-state index in [0.717, 1.165) is 25.9 Å². The highest BCUT2D eigenvalue weighted by molar-refractivity contribution is 6.31. The molecule has 2 N–H and O–H groups in total. The molecule has 1 atom stereocenters. The van der Waals surface area contributed by atoms with Gasteiger partial charge in [0.25, 0.3) is 0 Å². The van der Waals surface area contributed by atoms with Crippen molar-refractivity contribution in [3.63, 3.8) is 0 Å². The Morgan fingerprint density at radius 3 is 3.00 bits per heavy atom. The minimum Gasteiger partial charge on any atom is -0.478 e. The van der Waals surface area contributed by atoms with Crippen molar-refractivity contribution in [1.82, 2.24) is 0 Å². The number of rotatable bonds is 4. The number of nitrogens with one attached hydrogen (secondary N) is 1. The van der Waals surface area contributed by atoms with Gasteiger partial charge in [0.15, 0.2) is 0 Å². The molecule has 1 aromatic carbocycles. The predicted molar refractivity (Wildman–Crippen MR) is 70.5 cm³/mol. The van der Waals surface area contributed by atoms with Gasteiger partial charge < -0.3 is 15.2 Å². The van der Waals surface area contributed by atoms with E-state index < -0.39 is 5.97 Å². The quantitative estimate of drug-likeness (QED) is 0.882. The topological polar surface area (TPSA) is 58.6 Å². The third-order valence-corrected chi connectivity index (χ3v) is 3.24. The fourth-order valence-corrected chi connectivity index (χ4v) is 2.21. The van der Waals surface area contributed by atoms with Crippen LogP contribution < -0.4 is 5.32 Å². The van der Waals surface area contributed by atoms with Crippen molar-refractivity contribution in [3.8, 4) is 0 Å². The number of halogens is 1. The molecule has 1 aliphatic heterocycles. The Labute approximate surface area is 111 Å².